The van der Waals surface area contributed by atoms with Gasteiger partial charge in [0, 0.05) is 16.6 Å². The second-order valence-corrected chi connectivity index (χ2v) is 5.80. The van der Waals surface area contributed by atoms with Crippen molar-refractivity contribution >= 4 is 16.8 Å². The standard InChI is InChI=1S/C19H19FN2O/c1-12(14-6-4-3-5-7-14)22-19(23)11-16-13(2)21-18-9-8-15(20)10-17(16)18/h3-10,12,21H,11H2,1-2H3,(H,22,23)/t12-/m0/s1. The first-order valence-corrected chi connectivity index (χ1v) is 7.65. The maximum atomic E-state index is 13.5. The van der Waals surface area contributed by atoms with E-state index in [0.29, 0.717) is 0 Å². The third-order valence-electron chi connectivity index (χ3n) is 4.10. The molecule has 3 aromatic rings. The Morgan fingerprint density at radius 2 is 1.96 bits per heavy atom. The van der Waals surface area contributed by atoms with Crippen molar-refractivity contribution < 1.29 is 9.18 Å². The predicted octanol–water partition coefficient (Wildman–Crippen LogP) is 4.04. The summed E-state index contributed by atoms with van der Waals surface area (Å²) in [5, 5.41) is 3.76. The Morgan fingerprint density at radius 1 is 1.22 bits per heavy atom. The number of aromatic nitrogens is 1. The van der Waals surface area contributed by atoms with Crippen LogP contribution in [0.1, 0.15) is 29.8 Å². The largest absolute Gasteiger partial charge is 0.358 e. The number of amides is 1. The fourth-order valence-electron chi connectivity index (χ4n) is 2.86. The number of aromatic amines is 1. The summed E-state index contributed by atoms with van der Waals surface area (Å²) in [6.45, 7) is 3.86. The minimum atomic E-state index is -0.296. The van der Waals surface area contributed by atoms with E-state index in [4.69, 9.17) is 0 Å². The van der Waals surface area contributed by atoms with Gasteiger partial charge < -0.3 is 10.3 Å². The summed E-state index contributed by atoms with van der Waals surface area (Å²) in [6.07, 6.45) is 0.229. The number of aryl methyl sites for hydroxylation is 1. The van der Waals surface area contributed by atoms with Crippen LogP contribution < -0.4 is 5.32 Å². The van der Waals surface area contributed by atoms with Gasteiger partial charge in [-0.2, -0.15) is 0 Å². The molecule has 1 heterocycles. The fraction of sp³-hybridized carbons (Fsp3) is 0.211. The molecule has 0 spiro atoms. The summed E-state index contributed by atoms with van der Waals surface area (Å²) in [5.74, 6) is -0.370. The zero-order valence-corrected chi connectivity index (χ0v) is 13.2. The highest BCUT2D eigenvalue weighted by atomic mass is 19.1. The molecule has 0 radical (unpaired) electrons. The van der Waals surface area contributed by atoms with Crippen molar-refractivity contribution in [3.63, 3.8) is 0 Å². The van der Waals surface area contributed by atoms with Crippen LogP contribution in [0, 0.1) is 12.7 Å². The molecule has 1 atom stereocenters. The van der Waals surface area contributed by atoms with Gasteiger partial charge in [0.15, 0.2) is 0 Å². The van der Waals surface area contributed by atoms with Crippen LogP contribution in [-0.4, -0.2) is 10.9 Å². The molecule has 0 bridgehead atoms. The van der Waals surface area contributed by atoms with Gasteiger partial charge in [0.25, 0.3) is 0 Å². The van der Waals surface area contributed by atoms with E-state index in [0.717, 1.165) is 27.7 Å². The van der Waals surface area contributed by atoms with Crippen molar-refractivity contribution in [1.29, 1.82) is 0 Å². The molecule has 118 valence electrons. The maximum Gasteiger partial charge on any atom is 0.224 e. The monoisotopic (exact) mass is 310 g/mol. The summed E-state index contributed by atoms with van der Waals surface area (Å²) >= 11 is 0. The average Bonchev–Trinajstić information content (AvgIpc) is 2.84. The first kappa shape index (κ1) is 15.3. The topological polar surface area (TPSA) is 44.9 Å². The molecule has 1 aromatic heterocycles. The molecule has 0 aliphatic heterocycles. The van der Waals surface area contributed by atoms with E-state index in [2.05, 4.69) is 10.3 Å². The molecule has 2 N–H and O–H groups in total. The van der Waals surface area contributed by atoms with E-state index >= 15 is 0 Å². The highest BCUT2D eigenvalue weighted by Crippen LogP contribution is 2.24. The van der Waals surface area contributed by atoms with Gasteiger partial charge in [0.2, 0.25) is 5.91 Å². The Kier molecular flexibility index (Phi) is 4.15. The molecular weight excluding hydrogens is 291 g/mol. The van der Waals surface area contributed by atoms with Crippen LogP contribution in [0.4, 0.5) is 4.39 Å². The molecule has 3 rings (SSSR count). The lowest BCUT2D eigenvalue weighted by Gasteiger charge is -2.14. The lowest BCUT2D eigenvalue weighted by molar-refractivity contribution is -0.121. The molecule has 23 heavy (non-hydrogen) atoms. The van der Waals surface area contributed by atoms with Crippen molar-refractivity contribution in [2.24, 2.45) is 0 Å². The number of fused-ring (bicyclic) bond motifs is 1. The molecule has 3 nitrogen and oxygen atoms in total. The Labute approximate surface area is 134 Å². The van der Waals surface area contributed by atoms with E-state index in [1.165, 1.54) is 12.1 Å². The van der Waals surface area contributed by atoms with Gasteiger partial charge in [-0.3, -0.25) is 4.79 Å². The molecule has 0 aliphatic rings. The molecule has 4 heteroatoms. The first-order chi connectivity index (χ1) is 11.0. The van der Waals surface area contributed by atoms with Crippen LogP contribution in [0.2, 0.25) is 0 Å². The Morgan fingerprint density at radius 3 is 2.70 bits per heavy atom. The lowest BCUT2D eigenvalue weighted by atomic mass is 10.1. The molecule has 0 saturated heterocycles. The fourth-order valence-corrected chi connectivity index (χ4v) is 2.86. The van der Waals surface area contributed by atoms with Gasteiger partial charge in [-0.05, 0) is 43.2 Å². The molecule has 0 aliphatic carbocycles. The second-order valence-electron chi connectivity index (χ2n) is 5.80. The number of nitrogens with one attached hydrogen (secondary N) is 2. The van der Waals surface area contributed by atoms with Gasteiger partial charge in [-0.15, -0.1) is 0 Å². The SMILES string of the molecule is Cc1[nH]c2ccc(F)cc2c1CC(=O)N[C@@H](C)c1ccccc1. The molecule has 0 fully saturated rings. The minimum absolute atomic E-state index is 0.0639. The van der Waals surface area contributed by atoms with E-state index in [9.17, 15) is 9.18 Å². The summed E-state index contributed by atoms with van der Waals surface area (Å²) in [7, 11) is 0. The lowest BCUT2D eigenvalue weighted by Crippen LogP contribution is -2.28. The molecule has 2 aromatic carbocycles. The molecular formula is C19H19FN2O. The van der Waals surface area contributed by atoms with Gasteiger partial charge >= 0.3 is 0 Å². The third kappa shape index (κ3) is 3.26. The molecule has 1 amide bonds. The quantitative estimate of drug-likeness (QED) is 0.750. The van der Waals surface area contributed by atoms with Crippen LogP contribution in [0.15, 0.2) is 48.5 Å². The van der Waals surface area contributed by atoms with Crippen LogP contribution >= 0.6 is 0 Å². The van der Waals surface area contributed by atoms with Gasteiger partial charge in [-0.1, -0.05) is 30.3 Å². The predicted molar refractivity (Wildman–Crippen MR) is 89.7 cm³/mol. The summed E-state index contributed by atoms with van der Waals surface area (Å²) in [4.78, 5) is 15.6. The highest BCUT2D eigenvalue weighted by Gasteiger charge is 2.15. The third-order valence-corrected chi connectivity index (χ3v) is 4.10. The van der Waals surface area contributed by atoms with Crippen LogP contribution in [0.25, 0.3) is 10.9 Å². The Hall–Kier alpha value is -2.62. The summed E-state index contributed by atoms with van der Waals surface area (Å²) in [6, 6.07) is 14.3. The zero-order chi connectivity index (χ0) is 16.4. The van der Waals surface area contributed by atoms with Crippen molar-refractivity contribution in [1.82, 2.24) is 10.3 Å². The van der Waals surface area contributed by atoms with Crippen LogP contribution in [-0.2, 0) is 11.2 Å². The van der Waals surface area contributed by atoms with Crippen molar-refractivity contribution in [3.8, 4) is 0 Å². The second kappa shape index (κ2) is 6.24. The van der Waals surface area contributed by atoms with E-state index in [1.807, 2.05) is 44.2 Å². The van der Waals surface area contributed by atoms with Crippen molar-refractivity contribution in [3.05, 3.63) is 71.2 Å². The van der Waals surface area contributed by atoms with Crippen LogP contribution in [0.5, 0.6) is 0 Å². The summed E-state index contributed by atoms with van der Waals surface area (Å²) in [5.41, 5.74) is 3.65. The van der Waals surface area contributed by atoms with Gasteiger partial charge in [0.05, 0.1) is 12.5 Å². The Bertz CT molecular complexity index is 839. The summed E-state index contributed by atoms with van der Waals surface area (Å²) < 4.78 is 13.5. The number of H-pyrrole nitrogens is 1. The zero-order valence-electron chi connectivity index (χ0n) is 13.2. The molecule has 0 saturated carbocycles. The average molecular weight is 310 g/mol. The van der Waals surface area contributed by atoms with Gasteiger partial charge in [-0.25, -0.2) is 4.39 Å². The van der Waals surface area contributed by atoms with Crippen molar-refractivity contribution in [2.75, 3.05) is 0 Å². The number of hydrogen-bond acceptors (Lipinski definition) is 1. The van der Waals surface area contributed by atoms with E-state index < -0.39 is 0 Å². The number of carbonyl (C=O) groups excluding carboxylic acids is 1. The van der Waals surface area contributed by atoms with Crippen LogP contribution in [0.3, 0.4) is 0 Å². The minimum Gasteiger partial charge on any atom is -0.358 e. The number of benzene rings is 2. The highest BCUT2D eigenvalue weighted by molar-refractivity contribution is 5.90. The van der Waals surface area contributed by atoms with E-state index in [1.54, 1.807) is 6.07 Å². The van der Waals surface area contributed by atoms with Gasteiger partial charge in [0.1, 0.15) is 5.82 Å². The smallest absolute Gasteiger partial charge is 0.224 e. The number of rotatable bonds is 4. The normalized spacial score (nSPS) is 12.3. The number of halogens is 1. The molecule has 0 unspecified atom stereocenters. The van der Waals surface area contributed by atoms with E-state index in [-0.39, 0.29) is 24.2 Å². The Balaban J connectivity index is 1.78. The number of carbonyl (C=O) groups is 1. The maximum absolute atomic E-state index is 13.5. The van der Waals surface area contributed by atoms with Crippen molar-refractivity contribution in [2.45, 2.75) is 26.3 Å². The number of hydrogen-bond donors (Lipinski definition) is 2. The first-order valence-electron chi connectivity index (χ1n) is 7.65.